The number of imidazole rings is 1. The summed E-state index contributed by atoms with van der Waals surface area (Å²) in [6, 6.07) is 12.5. The Morgan fingerprint density at radius 2 is 1.89 bits per heavy atom. The van der Waals surface area contributed by atoms with Crippen molar-refractivity contribution < 1.29 is 4.39 Å². The van der Waals surface area contributed by atoms with Gasteiger partial charge in [-0.1, -0.05) is 29.8 Å². The molecule has 0 atom stereocenters. The van der Waals surface area contributed by atoms with Crippen LogP contribution in [0.1, 0.15) is 0 Å². The fraction of sp³-hybridized carbons (Fsp3) is 0. The Morgan fingerprint density at radius 3 is 2.61 bits per heavy atom. The van der Waals surface area contributed by atoms with Crippen molar-refractivity contribution in [2.45, 2.75) is 0 Å². The van der Waals surface area contributed by atoms with Gasteiger partial charge in [0, 0.05) is 11.8 Å². The first-order valence-electron chi connectivity index (χ1n) is 5.32. The van der Waals surface area contributed by atoms with E-state index in [0.29, 0.717) is 10.3 Å². The summed E-state index contributed by atoms with van der Waals surface area (Å²) in [4.78, 5) is 3.02. The van der Waals surface area contributed by atoms with Gasteiger partial charge in [0.2, 0.25) is 0 Å². The van der Waals surface area contributed by atoms with Crippen molar-refractivity contribution in [3.8, 4) is 5.69 Å². The normalized spacial score (nSPS) is 11.0. The molecule has 2 nitrogen and oxygen atoms in total. The minimum atomic E-state index is -0.456. The molecule has 0 unspecified atom stereocenters. The Balaban J connectivity index is 2.40. The third-order valence-corrected chi connectivity index (χ3v) is 3.31. The summed E-state index contributed by atoms with van der Waals surface area (Å²) in [5.74, 6) is -0.456. The molecule has 0 amide bonds. The van der Waals surface area contributed by atoms with Crippen LogP contribution in [0.4, 0.5) is 4.39 Å². The third kappa shape index (κ3) is 1.74. The molecule has 3 aromatic rings. The lowest BCUT2D eigenvalue weighted by Gasteiger charge is -2.04. The standard InChI is InChI=1S/C13H8ClFN2S/c14-9-6-11-12(7-10(9)15)17(13(18)16-11)8-4-2-1-3-5-8/h1-7H,(H,16,18). The van der Waals surface area contributed by atoms with Crippen molar-refractivity contribution in [2.75, 3.05) is 0 Å². The Bertz CT molecular complexity index is 777. The molecule has 18 heavy (non-hydrogen) atoms. The van der Waals surface area contributed by atoms with Crippen molar-refractivity contribution in [2.24, 2.45) is 0 Å². The second kappa shape index (κ2) is 4.23. The van der Waals surface area contributed by atoms with Gasteiger partial charge in [-0.2, -0.15) is 0 Å². The molecule has 0 aliphatic rings. The molecule has 0 saturated heterocycles. The van der Waals surface area contributed by atoms with Gasteiger partial charge in [-0.3, -0.25) is 4.57 Å². The van der Waals surface area contributed by atoms with Gasteiger partial charge < -0.3 is 4.98 Å². The van der Waals surface area contributed by atoms with E-state index in [9.17, 15) is 4.39 Å². The number of aromatic amines is 1. The summed E-state index contributed by atoms with van der Waals surface area (Å²) in [6.07, 6.45) is 0. The summed E-state index contributed by atoms with van der Waals surface area (Å²) in [6.45, 7) is 0. The summed E-state index contributed by atoms with van der Waals surface area (Å²) >= 11 is 11.0. The molecule has 0 radical (unpaired) electrons. The van der Waals surface area contributed by atoms with E-state index in [1.54, 1.807) is 10.6 Å². The van der Waals surface area contributed by atoms with Gasteiger partial charge in [-0.25, -0.2) is 4.39 Å². The van der Waals surface area contributed by atoms with Gasteiger partial charge in [-0.15, -0.1) is 0 Å². The van der Waals surface area contributed by atoms with Gasteiger partial charge in [0.05, 0.1) is 16.1 Å². The topological polar surface area (TPSA) is 20.7 Å². The quantitative estimate of drug-likeness (QED) is 0.651. The summed E-state index contributed by atoms with van der Waals surface area (Å²) in [7, 11) is 0. The minimum absolute atomic E-state index is 0.0824. The molecule has 0 saturated carbocycles. The highest BCUT2D eigenvalue weighted by molar-refractivity contribution is 7.71. The van der Waals surface area contributed by atoms with Crippen LogP contribution >= 0.6 is 23.8 Å². The zero-order valence-corrected chi connectivity index (χ0v) is 10.7. The number of nitrogens with one attached hydrogen (secondary N) is 1. The number of halogens is 2. The first-order chi connectivity index (χ1) is 8.66. The minimum Gasteiger partial charge on any atom is -0.330 e. The molecule has 2 aromatic carbocycles. The smallest absolute Gasteiger partial charge is 0.182 e. The van der Waals surface area contributed by atoms with Crippen LogP contribution in [-0.2, 0) is 0 Å². The third-order valence-electron chi connectivity index (χ3n) is 2.74. The lowest BCUT2D eigenvalue weighted by Crippen LogP contribution is -1.93. The molecule has 90 valence electrons. The first kappa shape index (κ1) is 11.4. The Morgan fingerprint density at radius 1 is 1.17 bits per heavy atom. The SMILES string of the molecule is Fc1cc2c(cc1Cl)[nH]c(=S)n2-c1ccccc1. The van der Waals surface area contributed by atoms with Crippen LogP contribution in [0.25, 0.3) is 16.7 Å². The fourth-order valence-corrected chi connectivity index (χ4v) is 2.41. The van der Waals surface area contributed by atoms with Crippen molar-refractivity contribution in [1.82, 2.24) is 9.55 Å². The lowest BCUT2D eigenvalue weighted by molar-refractivity contribution is 0.629. The molecular weight excluding hydrogens is 271 g/mol. The highest BCUT2D eigenvalue weighted by Gasteiger charge is 2.10. The predicted octanol–water partition coefficient (Wildman–Crippen LogP) is 4.48. The Kier molecular flexibility index (Phi) is 2.69. The van der Waals surface area contributed by atoms with Crippen LogP contribution in [0.5, 0.6) is 0 Å². The zero-order chi connectivity index (χ0) is 12.7. The summed E-state index contributed by atoms with van der Waals surface area (Å²) in [5.41, 5.74) is 2.28. The number of benzene rings is 2. The number of hydrogen-bond acceptors (Lipinski definition) is 1. The van der Waals surface area contributed by atoms with Crippen molar-refractivity contribution in [3.05, 3.63) is 58.1 Å². The predicted molar refractivity (Wildman–Crippen MR) is 73.4 cm³/mol. The van der Waals surface area contributed by atoms with Crippen LogP contribution in [0, 0.1) is 10.6 Å². The molecular formula is C13H8ClFN2S. The van der Waals surface area contributed by atoms with Crippen molar-refractivity contribution >= 4 is 34.9 Å². The van der Waals surface area contributed by atoms with E-state index in [1.807, 2.05) is 30.3 Å². The van der Waals surface area contributed by atoms with Crippen LogP contribution < -0.4 is 0 Å². The molecule has 0 aliphatic heterocycles. The number of rotatable bonds is 1. The van der Waals surface area contributed by atoms with E-state index >= 15 is 0 Å². The average molecular weight is 279 g/mol. The maximum absolute atomic E-state index is 13.6. The van der Waals surface area contributed by atoms with Crippen LogP contribution in [-0.4, -0.2) is 9.55 Å². The molecule has 5 heteroatoms. The van der Waals surface area contributed by atoms with Crippen LogP contribution in [0.3, 0.4) is 0 Å². The summed E-state index contributed by atoms with van der Waals surface area (Å²) < 4.78 is 15.9. The van der Waals surface area contributed by atoms with E-state index < -0.39 is 5.82 Å². The van der Waals surface area contributed by atoms with Crippen molar-refractivity contribution in [1.29, 1.82) is 0 Å². The van der Waals surface area contributed by atoms with Gasteiger partial charge in [-0.05, 0) is 30.4 Å². The monoisotopic (exact) mass is 278 g/mol. The maximum atomic E-state index is 13.6. The molecule has 0 spiro atoms. The van der Waals surface area contributed by atoms with Gasteiger partial charge >= 0.3 is 0 Å². The molecule has 0 aliphatic carbocycles. The number of fused-ring (bicyclic) bond motifs is 1. The average Bonchev–Trinajstić information content (AvgIpc) is 2.66. The van der Waals surface area contributed by atoms with E-state index in [-0.39, 0.29) is 5.02 Å². The first-order valence-corrected chi connectivity index (χ1v) is 6.10. The maximum Gasteiger partial charge on any atom is 0.182 e. The van der Waals surface area contributed by atoms with E-state index in [1.165, 1.54) is 6.07 Å². The van der Waals surface area contributed by atoms with Crippen LogP contribution in [0.2, 0.25) is 5.02 Å². The second-order valence-corrected chi connectivity index (χ2v) is 4.68. The fourth-order valence-electron chi connectivity index (χ4n) is 1.94. The number of aromatic nitrogens is 2. The largest absolute Gasteiger partial charge is 0.330 e. The molecule has 3 rings (SSSR count). The molecule has 1 heterocycles. The highest BCUT2D eigenvalue weighted by atomic mass is 35.5. The Labute approximate surface area is 113 Å². The number of para-hydroxylation sites is 1. The second-order valence-electron chi connectivity index (χ2n) is 3.88. The number of hydrogen-bond donors (Lipinski definition) is 1. The number of nitrogens with zero attached hydrogens (tertiary/aromatic N) is 1. The van der Waals surface area contributed by atoms with E-state index in [0.717, 1.165) is 11.2 Å². The van der Waals surface area contributed by atoms with Crippen molar-refractivity contribution in [3.63, 3.8) is 0 Å². The zero-order valence-electron chi connectivity index (χ0n) is 9.15. The molecule has 0 fully saturated rings. The summed E-state index contributed by atoms with van der Waals surface area (Å²) in [5, 5.41) is 0.0824. The van der Waals surface area contributed by atoms with E-state index in [4.69, 9.17) is 23.8 Å². The van der Waals surface area contributed by atoms with Gasteiger partial charge in [0.1, 0.15) is 5.82 Å². The molecule has 0 bridgehead atoms. The van der Waals surface area contributed by atoms with Crippen LogP contribution in [0.15, 0.2) is 42.5 Å². The Hall–Kier alpha value is -1.65. The number of H-pyrrole nitrogens is 1. The highest BCUT2D eigenvalue weighted by Crippen LogP contribution is 2.25. The molecule has 1 N–H and O–H groups in total. The lowest BCUT2D eigenvalue weighted by atomic mass is 10.2. The van der Waals surface area contributed by atoms with E-state index in [2.05, 4.69) is 4.98 Å². The van der Waals surface area contributed by atoms with Gasteiger partial charge in [0.15, 0.2) is 4.77 Å². The van der Waals surface area contributed by atoms with Gasteiger partial charge in [0.25, 0.3) is 0 Å². The molecule has 1 aromatic heterocycles.